The fraction of sp³-hybridized carbons (Fsp3) is 0.500. The van der Waals surface area contributed by atoms with Crippen LogP contribution in [0, 0.1) is 19.3 Å². The summed E-state index contributed by atoms with van der Waals surface area (Å²) in [6.07, 6.45) is 0.950. The quantitative estimate of drug-likeness (QED) is 0.752. The van der Waals surface area contributed by atoms with E-state index < -0.39 is 11.4 Å². The Labute approximate surface area is 125 Å². The van der Waals surface area contributed by atoms with E-state index >= 15 is 0 Å². The molecule has 0 aliphatic rings. The average molecular weight is 292 g/mol. The number of carbonyl (C=O) groups is 2. The first-order valence-electron chi connectivity index (χ1n) is 7.20. The van der Waals surface area contributed by atoms with Gasteiger partial charge < -0.3 is 15.7 Å². The number of anilines is 1. The van der Waals surface area contributed by atoms with E-state index in [2.05, 4.69) is 10.6 Å². The fourth-order valence-corrected chi connectivity index (χ4v) is 2.16. The first kappa shape index (κ1) is 17.0. The number of hydrogen-bond donors (Lipinski definition) is 3. The number of aliphatic carboxylic acids is 1. The third kappa shape index (κ3) is 4.21. The van der Waals surface area contributed by atoms with Crippen molar-refractivity contribution in [3.8, 4) is 0 Å². The second-order valence-corrected chi connectivity index (χ2v) is 5.42. The predicted octanol–water partition coefficient (Wildman–Crippen LogP) is 3.32. The molecule has 0 radical (unpaired) electrons. The molecule has 5 heteroatoms. The summed E-state index contributed by atoms with van der Waals surface area (Å²) in [4.78, 5) is 23.3. The molecule has 3 N–H and O–H groups in total. The van der Waals surface area contributed by atoms with Crippen LogP contribution in [0.2, 0.25) is 0 Å². The second-order valence-electron chi connectivity index (χ2n) is 5.42. The van der Waals surface area contributed by atoms with E-state index in [1.807, 2.05) is 45.9 Å². The van der Waals surface area contributed by atoms with Gasteiger partial charge in [-0.1, -0.05) is 26.0 Å². The minimum atomic E-state index is -0.904. The third-order valence-corrected chi connectivity index (χ3v) is 4.04. The molecule has 1 aromatic rings. The number of urea groups is 1. The number of carboxylic acids is 1. The van der Waals surface area contributed by atoms with Gasteiger partial charge in [0.15, 0.2) is 0 Å². The lowest BCUT2D eigenvalue weighted by atomic mass is 9.82. The van der Waals surface area contributed by atoms with E-state index in [1.54, 1.807) is 0 Å². The lowest BCUT2D eigenvalue weighted by Gasteiger charge is -2.26. The van der Waals surface area contributed by atoms with Crippen LogP contribution in [-0.4, -0.2) is 23.7 Å². The molecular weight excluding hydrogens is 268 g/mol. The molecule has 0 aliphatic heterocycles. The molecule has 0 heterocycles. The maximum absolute atomic E-state index is 12.0. The van der Waals surface area contributed by atoms with Crippen LogP contribution < -0.4 is 10.6 Å². The molecule has 0 aliphatic carbocycles. The Morgan fingerprint density at radius 1 is 1.19 bits per heavy atom. The van der Waals surface area contributed by atoms with Gasteiger partial charge in [-0.05, 0) is 43.9 Å². The van der Waals surface area contributed by atoms with Gasteiger partial charge in [0.2, 0.25) is 0 Å². The van der Waals surface area contributed by atoms with E-state index in [-0.39, 0.29) is 12.6 Å². The van der Waals surface area contributed by atoms with Crippen LogP contribution in [0.3, 0.4) is 0 Å². The van der Waals surface area contributed by atoms with Crippen molar-refractivity contribution in [2.75, 3.05) is 11.9 Å². The molecule has 0 fully saturated rings. The Hall–Kier alpha value is -2.04. The van der Waals surface area contributed by atoms with Gasteiger partial charge in [-0.15, -0.1) is 0 Å². The minimum Gasteiger partial charge on any atom is -0.481 e. The number of rotatable bonds is 6. The molecule has 0 bridgehead atoms. The van der Waals surface area contributed by atoms with Gasteiger partial charge in [0, 0.05) is 12.2 Å². The highest BCUT2D eigenvalue weighted by Gasteiger charge is 2.35. The Bertz CT molecular complexity index is 522. The maximum Gasteiger partial charge on any atom is 0.319 e. The lowest BCUT2D eigenvalue weighted by Crippen LogP contribution is -2.43. The summed E-state index contributed by atoms with van der Waals surface area (Å²) in [5.41, 5.74) is 1.85. The first-order valence-corrected chi connectivity index (χ1v) is 7.20. The summed E-state index contributed by atoms with van der Waals surface area (Å²) in [5.74, 6) is -0.875. The van der Waals surface area contributed by atoms with Crippen molar-refractivity contribution in [2.45, 2.75) is 40.5 Å². The normalized spacial score (nSPS) is 11.0. The van der Waals surface area contributed by atoms with Crippen molar-refractivity contribution in [3.63, 3.8) is 0 Å². The van der Waals surface area contributed by atoms with Crippen LogP contribution in [0.4, 0.5) is 10.5 Å². The van der Waals surface area contributed by atoms with Crippen LogP contribution >= 0.6 is 0 Å². The fourth-order valence-electron chi connectivity index (χ4n) is 2.16. The van der Waals surface area contributed by atoms with Gasteiger partial charge >= 0.3 is 12.0 Å². The number of benzene rings is 1. The molecule has 116 valence electrons. The molecule has 5 nitrogen and oxygen atoms in total. The van der Waals surface area contributed by atoms with Crippen LogP contribution in [-0.2, 0) is 4.79 Å². The van der Waals surface area contributed by atoms with E-state index in [0.29, 0.717) is 12.8 Å². The molecule has 0 atom stereocenters. The van der Waals surface area contributed by atoms with Crippen LogP contribution in [0.15, 0.2) is 18.2 Å². The molecule has 0 spiro atoms. The van der Waals surface area contributed by atoms with Gasteiger partial charge in [0.1, 0.15) is 0 Å². The number of amides is 2. The van der Waals surface area contributed by atoms with Crippen molar-refractivity contribution in [1.82, 2.24) is 5.32 Å². The standard InChI is InChI=1S/C16H24N2O3/c1-5-16(6-2,14(19)20)10-17-15(21)18-13-9-11(3)7-8-12(13)4/h7-9H,5-6,10H2,1-4H3,(H,19,20)(H2,17,18,21). The number of nitrogens with one attached hydrogen (secondary N) is 2. The largest absolute Gasteiger partial charge is 0.481 e. The van der Waals surface area contributed by atoms with E-state index in [1.165, 1.54) is 0 Å². The van der Waals surface area contributed by atoms with Crippen LogP contribution in [0.5, 0.6) is 0 Å². The zero-order valence-corrected chi connectivity index (χ0v) is 13.1. The van der Waals surface area contributed by atoms with Gasteiger partial charge in [-0.25, -0.2) is 4.79 Å². The Balaban J connectivity index is 2.70. The molecule has 0 aromatic heterocycles. The van der Waals surface area contributed by atoms with Crippen molar-refractivity contribution in [1.29, 1.82) is 0 Å². The lowest BCUT2D eigenvalue weighted by molar-refractivity contribution is -0.149. The average Bonchev–Trinajstić information content (AvgIpc) is 2.44. The van der Waals surface area contributed by atoms with E-state index in [0.717, 1.165) is 16.8 Å². The first-order chi connectivity index (χ1) is 9.84. The zero-order valence-electron chi connectivity index (χ0n) is 13.1. The molecule has 21 heavy (non-hydrogen) atoms. The Kier molecular flexibility index (Phi) is 5.76. The maximum atomic E-state index is 12.0. The summed E-state index contributed by atoms with van der Waals surface area (Å²) in [6, 6.07) is 5.42. The minimum absolute atomic E-state index is 0.117. The highest BCUT2D eigenvalue weighted by molar-refractivity contribution is 5.90. The second kappa shape index (κ2) is 7.11. The van der Waals surface area contributed by atoms with E-state index in [4.69, 9.17) is 0 Å². The van der Waals surface area contributed by atoms with Crippen molar-refractivity contribution in [2.24, 2.45) is 5.41 Å². The predicted molar refractivity (Wildman–Crippen MR) is 83.6 cm³/mol. The summed E-state index contributed by atoms with van der Waals surface area (Å²) in [7, 11) is 0. The zero-order chi connectivity index (χ0) is 16.0. The SMILES string of the molecule is CCC(CC)(CNC(=O)Nc1cc(C)ccc1C)C(=O)O. The number of carbonyl (C=O) groups excluding carboxylic acids is 1. The highest BCUT2D eigenvalue weighted by Crippen LogP contribution is 2.25. The van der Waals surface area contributed by atoms with Crippen molar-refractivity contribution in [3.05, 3.63) is 29.3 Å². The van der Waals surface area contributed by atoms with Gasteiger partial charge in [-0.3, -0.25) is 4.79 Å². The summed E-state index contributed by atoms with van der Waals surface area (Å²) < 4.78 is 0. The van der Waals surface area contributed by atoms with Crippen LogP contribution in [0.1, 0.15) is 37.8 Å². The smallest absolute Gasteiger partial charge is 0.319 e. The Morgan fingerprint density at radius 2 is 1.81 bits per heavy atom. The molecular formula is C16H24N2O3. The topological polar surface area (TPSA) is 78.4 Å². The molecule has 0 saturated carbocycles. The monoisotopic (exact) mass is 292 g/mol. The van der Waals surface area contributed by atoms with E-state index in [9.17, 15) is 14.7 Å². The van der Waals surface area contributed by atoms with Crippen LogP contribution in [0.25, 0.3) is 0 Å². The summed E-state index contributed by atoms with van der Waals surface area (Å²) >= 11 is 0. The van der Waals surface area contributed by atoms with Gasteiger partial charge in [-0.2, -0.15) is 0 Å². The molecule has 1 aromatic carbocycles. The summed E-state index contributed by atoms with van der Waals surface area (Å²) in [5, 5.41) is 14.8. The molecule has 0 saturated heterocycles. The number of aryl methyl sites for hydroxylation is 2. The molecule has 2 amide bonds. The van der Waals surface area contributed by atoms with Gasteiger partial charge in [0.05, 0.1) is 5.41 Å². The number of carboxylic acid groups (broad SMARTS) is 1. The number of hydrogen-bond acceptors (Lipinski definition) is 2. The van der Waals surface area contributed by atoms with Crippen molar-refractivity contribution >= 4 is 17.7 Å². The summed E-state index contributed by atoms with van der Waals surface area (Å²) in [6.45, 7) is 7.62. The molecule has 0 unspecified atom stereocenters. The van der Waals surface area contributed by atoms with Crippen molar-refractivity contribution < 1.29 is 14.7 Å². The molecule has 1 rings (SSSR count). The Morgan fingerprint density at radius 3 is 2.33 bits per heavy atom. The third-order valence-electron chi connectivity index (χ3n) is 4.04. The highest BCUT2D eigenvalue weighted by atomic mass is 16.4. The van der Waals surface area contributed by atoms with Gasteiger partial charge in [0.25, 0.3) is 0 Å².